The molecule has 3 atom stereocenters. The van der Waals surface area contributed by atoms with Crippen LogP contribution in [0.2, 0.25) is 0 Å². The van der Waals surface area contributed by atoms with E-state index in [-0.39, 0.29) is 6.10 Å². The van der Waals surface area contributed by atoms with E-state index in [0.29, 0.717) is 17.6 Å². The molecular weight excluding hydrogens is 250 g/mol. The van der Waals surface area contributed by atoms with Crippen molar-refractivity contribution in [3.63, 3.8) is 0 Å². The number of aliphatic hydroxyl groups excluding tert-OH is 1. The molecular formula is C17H33NO2. The lowest BCUT2D eigenvalue weighted by molar-refractivity contribution is -0.0461. The Bertz CT molecular complexity index is 297. The lowest BCUT2D eigenvalue weighted by atomic mass is 9.67. The number of methoxy groups -OCH3 is 1. The monoisotopic (exact) mass is 283 g/mol. The van der Waals surface area contributed by atoms with Crippen LogP contribution in [0.15, 0.2) is 0 Å². The van der Waals surface area contributed by atoms with Crippen LogP contribution in [0, 0.1) is 11.3 Å². The molecule has 3 heteroatoms. The van der Waals surface area contributed by atoms with Crippen LogP contribution in [0.3, 0.4) is 0 Å². The minimum atomic E-state index is -0.127. The van der Waals surface area contributed by atoms with Gasteiger partial charge in [0, 0.05) is 26.2 Å². The third kappa shape index (κ3) is 3.55. The van der Waals surface area contributed by atoms with Gasteiger partial charge in [-0.25, -0.2) is 0 Å². The highest BCUT2D eigenvalue weighted by Crippen LogP contribution is 2.42. The van der Waals surface area contributed by atoms with Crippen molar-refractivity contribution >= 4 is 0 Å². The lowest BCUT2D eigenvalue weighted by Crippen LogP contribution is -2.52. The van der Waals surface area contributed by atoms with Crippen molar-refractivity contribution < 1.29 is 9.84 Å². The fraction of sp³-hybridized carbons (Fsp3) is 1.00. The second-order valence-electron chi connectivity index (χ2n) is 7.46. The Morgan fingerprint density at radius 1 is 1.15 bits per heavy atom. The molecule has 2 fully saturated rings. The number of likely N-dealkylation sites (tertiary alicyclic amines) is 1. The van der Waals surface area contributed by atoms with Crippen molar-refractivity contribution in [3.05, 3.63) is 0 Å². The van der Waals surface area contributed by atoms with Gasteiger partial charge in [-0.3, -0.25) is 4.90 Å². The summed E-state index contributed by atoms with van der Waals surface area (Å²) in [5.74, 6) is 0.751. The molecule has 0 aromatic heterocycles. The normalized spacial score (nSPS) is 34.4. The summed E-state index contributed by atoms with van der Waals surface area (Å²) in [6.07, 6.45) is 7.08. The van der Waals surface area contributed by atoms with Crippen molar-refractivity contribution in [3.8, 4) is 0 Å². The zero-order valence-electron chi connectivity index (χ0n) is 13.8. The van der Waals surface area contributed by atoms with Gasteiger partial charge in [0.05, 0.1) is 12.2 Å². The highest BCUT2D eigenvalue weighted by Gasteiger charge is 2.39. The largest absolute Gasteiger partial charge is 0.391 e. The van der Waals surface area contributed by atoms with Crippen molar-refractivity contribution in [2.75, 3.05) is 20.2 Å². The van der Waals surface area contributed by atoms with Gasteiger partial charge >= 0.3 is 0 Å². The van der Waals surface area contributed by atoms with E-state index in [1.807, 2.05) is 7.11 Å². The van der Waals surface area contributed by atoms with Crippen LogP contribution >= 0.6 is 0 Å². The molecule has 20 heavy (non-hydrogen) atoms. The topological polar surface area (TPSA) is 32.7 Å². The predicted octanol–water partition coefficient (Wildman–Crippen LogP) is 3.06. The average molecular weight is 283 g/mol. The first kappa shape index (κ1) is 16.3. The smallest absolute Gasteiger partial charge is 0.0695 e. The highest BCUT2D eigenvalue weighted by atomic mass is 16.5. The molecule has 0 bridgehead atoms. The van der Waals surface area contributed by atoms with Gasteiger partial charge in [0.15, 0.2) is 0 Å². The molecule has 2 rings (SSSR count). The van der Waals surface area contributed by atoms with Crippen molar-refractivity contribution in [2.45, 2.75) is 77.5 Å². The summed E-state index contributed by atoms with van der Waals surface area (Å²) in [6, 6.07) is 0.373. The molecule has 2 aliphatic rings. The van der Waals surface area contributed by atoms with Crippen LogP contribution in [0.5, 0.6) is 0 Å². The van der Waals surface area contributed by atoms with Crippen LogP contribution in [-0.4, -0.2) is 48.5 Å². The fourth-order valence-electron chi connectivity index (χ4n) is 3.96. The second kappa shape index (κ2) is 6.76. The molecule has 1 aliphatic carbocycles. The first-order valence-electron chi connectivity index (χ1n) is 8.42. The van der Waals surface area contributed by atoms with Crippen LogP contribution in [-0.2, 0) is 4.74 Å². The van der Waals surface area contributed by atoms with Crippen molar-refractivity contribution in [2.24, 2.45) is 11.3 Å². The van der Waals surface area contributed by atoms with Crippen molar-refractivity contribution in [1.29, 1.82) is 0 Å². The number of nitrogens with zero attached hydrogens (tertiary/aromatic N) is 1. The molecule has 0 amide bonds. The predicted molar refractivity (Wildman–Crippen MR) is 82.8 cm³/mol. The summed E-state index contributed by atoms with van der Waals surface area (Å²) in [6.45, 7) is 9.25. The van der Waals surface area contributed by atoms with Crippen LogP contribution in [0.25, 0.3) is 0 Å². The maximum Gasteiger partial charge on any atom is 0.0695 e. The number of ether oxygens (including phenoxy) is 1. The van der Waals surface area contributed by atoms with Gasteiger partial charge in [0.25, 0.3) is 0 Å². The minimum absolute atomic E-state index is 0.127. The zero-order chi connectivity index (χ0) is 14.8. The molecule has 0 aromatic rings. The lowest BCUT2D eigenvalue weighted by Gasteiger charge is -2.47. The van der Waals surface area contributed by atoms with Gasteiger partial charge in [0.1, 0.15) is 0 Å². The van der Waals surface area contributed by atoms with E-state index < -0.39 is 0 Å². The summed E-state index contributed by atoms with van der Waals surface area (Å²) < 4.78 is 5.46. The van der Waals surface area contributed by atoms with Gasteiger partial charge in [-0.15, -0.1) is 0 Å². The molecule has 0 radical (unpaired) electrons. The van der Waals surface area contributed by atoms with E-state index in [4.69, 9.17) is 4.74 Å². The molecule has 1 aliphatic heterocycles. The average Bonchev–Trinajstić information content (AvgIpc) is 2.47. The Kier molecular flexibility index (Phi) is 5.49. The van der Waals surface area contributed by atoms with Gasteiger partial charge in [-0.2, -0.15) is 0 Å². The number of hydrogen-bond donors (Lipinski definition) is 1. The molecule has 118 valence electrons. The second-order valence-corrected chi connectivity index (χ2v) is 7.46. The van der Waals surface area contributed by atoms with E-state index in [0.717, 1.165) is 38.3 Å². The molecule has 1 heterocycles. The van der Waals surface area contributed by atoms with Gasteiger partial charge in [-0.05, 0) is 43.4 Å². The standard InChI is InChI=1S/C17H33NO2/c1-5-17(2,3)13-6-7-16(19)15(12-13)18-10-8-14(20-4)9-11-18/h13-16,19H,5-12H2,1-4H3. The van der Waals surface area contributed by atoms with E-state index in [1.54, 1.807) is 0 Å². The Hall–Kier alpha value is -0.120. The van der Waals surface area contributed by atoms with Gasteiger partial charge in [0.2, 0.25) is 0 Å². The summed E-state index contributed by atoms with van der Waals surface area (Å²) in [5, 5.41) is 10.4. The number of aliphatic hydroxyl groups is 1. The molecule has 3 nitrogen and oxygen atoms in total. The first-order valence-corrected chi connectivity index (χ1v) is 8.42. The fourth-order valence-corrected chi connectivity index (χ4v) is 3.96. The summed E-state index contributed by atoms with van der Waals surface area (Å²) in [4.78, 5) is 2.53. The Morgan fingerprint density at radius 3 is 2.35 bits per heavy atom. The van der Waals surface area contributed by atoms with E-state index >= 15 is 0 Å². The number of piperidine rings is 1. The number of hydrogen-bond acceptors (Lipinski definition) is 3. The molecule has 1 N–H and O–H groups in total. The van der Waals surface area contributed by atoms with E-state index in [2.05, 4.69) is 25.7 Å². The first-order chi connectivity index (χ1) is 9.47. The van der Waals surface area contributed by atoms with Crippen LogP contribution < -0.4 is 0 Å². The van der Waals surface area contributed by atoms with E-state index in [1.165, 1.54) is 19.3 Å². The third-order valence-corrected chi connectivity index (χ3v) is 6.08. The van der Waals surface area contributed by atoms with Crippen molar-refractivity contribution in [1.82, 2.24) is 4.90 Å². The molecule has 1 saturated heterocycles. The van der Waals surface area contributed by atoms with E-state index in [9.17, 15) is 5.11 Å². The zero-order valence-corrected chi connectivity index (χ0v) is 13.8. The Morgan fingerprint density at radius 2 is 1.80 bits per heavy atom. The molecule has 3 unspecified atom stereocenters. The van der Waals surface area contributed by atoms with Gasteiger partial charge in [-0.1, -0.05) is 27.2 Å². The Labute approximate surface area is 124 Å². The quantitative estimate of drug-likeness (QED) is 0.860. The van der Waals surface area contributed by atoms with Crippen LogP contribution in [0.4, 0.5) is 0 Å². The van der Waals surface area contributed by atoms with Crippen LogP contribution in [0.1, 0.15) is 59.3 Å². The maximum absolute atomic E-state index is 10.4. The third-order valence-electron chi connectivity index (χ3n) is 6.08. The molecule has 0 spiro atoms. The summed E-state index contributed by atoms with van der Waals surface area (Å²) >= 11 is 0. The summed E-state index contributed by atoms with van der Waals surface area (Å²) in [7, 11) is 1.82. The number of rotatable bonds is 4. The SMILES string of the molecule is CCC(C)(C)C1CCC(O)C(N2CCC(OC)CC2)C1. The Balaban J connectivity index is 1.96. The minimum Gasteiger partial charge on any atom is -0.391 e. The van der Waals surface area contributed by atoms with Gasteiger partial charge < -0.3 is 9.84 Å². The highest BCUT2D eigenvalue weighted by molar-refractivity contribution is 4.93. The molecule has 1 saturated carbocycles. The summed E-state index contributed by atoms with van der Waals surface area (Å²) in [5.41, 5.74) is 0.406. The maximum atomic E-state index is 10.4. The molecule has 0 aromatic carbocycles.